The van der Waals surface area contributed by atoms with Crippen LogP contribution in [0.25, 0.3) is 0 Å². The van der Waals surface area contributed by atoms with E-state index in [1.54, 1.807) is 12.1 Å². The van der Waals surface area contributed by atoms with Gasteiger partial charge in [0.25, 0.3) is 11.8 Å². The second kappa shape index (κ2) is 7.69. The lowest BCUT2D eigenvalue weighted by Gasteiger charge is -2.14. The molecule has 0 spiro atoms. The molecule has 7 nitrogen and oxygen atoms in total. The molecule has 0 atom stereocenters. The normalized spacial score (nSPS) is 10.2. The molecule has 0 bridgehead atoms. The molecule has 2 aromatic rings. The number of nitrogens with zero attached hydrogens (tertiary/aromatic N) is 2. The van der Waals surface area contributed by atoms with E-state index in [0.29, 0.717) is 10.7 Å². The van der Waals surface area contributed by atoms with Crippen LogP contribution in [0.3, 0.4) is 0 Å². The number of carboxylic acids is 1. The Morgan fingerprint density at radius 3 is 2.54 bits per heavy atom. The summed E-state index contributed by atoms with van der Waals surface area (Å²) < 4.78 is 0. The van der Waals surface area contributed by atoms with E-state index in [1.165, 1.54) is 17.3 Å². The highest BCUT2D eigenvalue weighted by molar-refractivity contribution is 7.14. The maximum atomic E-state index is 12.1. The largest absolute Gasteiger partial charge is 0.481 e. The number of nitrogens with one attached hydrogen (secondary N) is 1. The van der Waals surface area contributed by atoms with E-state index < -0.39 is 5.97 Å². The van der Waals surface area contributed by atoms with Crippen molar-refractivity contribution in [2.24, 2.45) is 0 Å². The molecule has 1 aromatic carbocycles. The van der Waals surface area contributed by atoms with Crippen molar-refractivity contribution in [3.63, 3.8) is 0 Å². The number of aromatic nitrogens is 1. The van der Waals surface area contributed by atoms with Crippen molar-refractivity contribution in [1.29, 1.82) is 0 Å². The Bertz CT molecular complexity index is 755. The standard InChI is InChI=1S/C16H17N3O4S/c1-10-3-5-11(6-4-10)14(22)18-16-17-12(9-24-16)15(23)19(2)8-7-13(20)21/h3-6,9H,7-8H2,1-2H3,(H,20,21)(H,17,18,22). The van der Waals surface area contributed by atoms with E-state index in [2.05, 4.69) is 10.3 Å². The molecule has 126 valence electrons. The maximum Gasteiger partial charge on any atom is 0.305 e. The van der Waals surface area contributed by atoms with Crippen molar-refractivity contribution in [2.75, 3.05) is 18.9 Å². The number of thiazole rings is 1. The SMILES string of the molecule is Cc1ccc(C(=O)Nc2nc(C(=O)N(C)CCC(=O)O)cs2)cc1. The first kappa shape index (κ1) is 17.6. The topological polar surface area (TPSA) is 99.6 Å². The average molecular weight is 347 g/mol. The molecule has 0 radical (unpaired) electrons. The molecular formula is C16H17N3O4S. The number of amides is 2. The Hall–Kier alpha value is -2.74. The molecule has 0 saturated carbocycles. The number of carbonyl (C=O) groups is 3. The minimum Gasteiger partial charge on any atom is -0.481 e. The molecule has 24 heavy (non-hydrogen) atoms. The molecule has 0 fully saturated rings. The van der Waals surface area contributed by atoms with Crippen LogP contribution < -0.4 is 5.32 Å². The van der Waals surface area contributed by atoms with Crippen molar-refractivity contribution in [2.45, 2.75) is 13.3 Å². The third-order valence-corrected chi connectivity index (χ3v) is 4.02. The summed E-state index contributed by atoms with van der Waals surface area (Å²) in [6, 6.07) is 7.10. The van der Waals surface area contributed by atoms with E-state index >= 15 is 0 Å². The highest BCUT2D eigenvalue weighted by atomic mass is 32.1. The third kappa shape index (κ3) is 4.63. The molecule has 1 aromatic heterocycles. The molecule has 8 heteroatoms. The fourth-order valence-corrected chi connectivity index (χ4v) is 2.54. The minimum atomic E-state index is -0.973. The Balaban J connectivity index is 1.99. The average Bonchev–Trinajstić information content (AvgIpc) is 3.00. The van der Waals surface area contributed by atoms with Gasteiger partial charge in [0.05, 0.1) is 6.42 Å². The summed E-state index contributed by atoms with van der Waals surface area (Å²) in [4.78, 5) is 40.2. The molecule has 0 aliphatic heterocycles. The van der Waals surface area contributed by atoms with Crippen molar-refractivity contribution >= 4 is 34.3 Å². The molecule has 2 amide bonds. The van der Waals surface area contributed by atoms with Crippen LogP contribution in [0, 0.1) is 6.92 Å². The van der Waals surface area contributed by atoms with E-state index in [4.69, 9.17) is 5.11 Å². The number of aryl methyl sites for hydroxylation is 1. The Morgan fingerprint density at radius 2 is 1.92 bits per heavy atom. The summed E-state index contributed by atoms with van der Waals surface area (Å²) in [5.74, 6) is -1.66. The number of hydrogen-bond acceptors (Lipinski definition) is 5. The number of hydrogen-bond donors (Lipinski definition) is 2. The van der Waals surface area contributed by atoms with E-state index in [9.17, 15) is 14.4 Å². The number of carbonyl (C=O) groups excluding carboxylic acids is 2. The van der Waals surface area contributed by atoms with Crippen molar-refractivity contribution < 1.29 is 19.5 Å². The van der Waals surface area contributed by atoms with Gasteiger partial charge in [-0.2, -0.15) is 0 Å². The number of rotatable bonds is 6. The van der Waals surface area contributed by atoms with Gasteiger partial charge in [0.2, 0.25) is 0 Å². The second-order valence-corrected chi connectivity index (χ2v) is 6.09. The van der Waals surface area contributed by atoms with E-state index in [0.717, 1.165) is 16.9 Å². The van der Waals surface area contributed by atoms with Crippen molar-refractivity contribution in [3.05, 3.63) is 46.5 Å². The number of benzene rings is 1. The molecule has 2 N–H and O–H groups in total. The predicted octanol–water partition coefficient (Wildman–Crippen LogP) is 2.25. The first-order valence-corrected chi connectivity index (χ1v) is 8.05. The summed E-state index contributed by atoms with van der Waals surface area (Å²) in [5.41, 5.74) is 1.73. The van der Waals surface area contributed by atoms with Gasteiger partial charge in [-0.1, -0.05) is 17.7 Å². The summed E-state index contributed by atoms with van der Waals surface area (Å²) in [7, 11) is 1.51. The summed E-state index contributed by atoms with van der Waals surface area (Å²) in [6.45, 7) is 2.03. The smallest absolute Gasteiger partial charge is 0.305 e. The second-order valence-electron chi connectivity index (χ2n) is 5.23. The van der Waals surface area contributed by atoms with Gasteiger partial charge < -0.3 is 10.0 Å². The molecule has 0 aliphatic rings. The number of aliphatic carboxylic acids is 1. The van der Waals surface area contributed by atoms with Gasteiger partial charge in [0.15, 0.2) is 5.13 Å². The first-order valence-electron chi connectivity index (χ1n) is 7.17. The molecule has 1 heterocycles. The van der Waals surface area contributed by atoms with Gasteiger partial charge in [-0.25, -0.2) is 4.98 Å². The fourth-order valence-electron chi connectivity index (χ4n) is 1.86. The van der Waals surface area contributed by atoms with Gasteiger partial charge in [-0.15, -0.1) is 11.3 Å². The zero-order chi connectivity index (χ0) is 17.7. The van der Waals surface area contributed by atoms with Crippen molar-refractivity contribution in [1.82, 2.24) is 9.88 Å². The minimum absolute atomic E-state index is 0.0940. The summed E-state index contributed by atoms with van der Waals surface area (Å²) in [5, 5.41) is 13.1. The van der Waals surface area contributed by atoms with Crippen molar-refractivity contribution in [3.8, 4) is 0 Å². The van der Waals surface area contributed by atoms with Gasteiger partial charge in [0.1, 0.15) is 5.69 Å². The third-order valence-electron chi connectivity index (χ3n) is 3.27. The van der Waals surface area contributed by atoms with Crippen LogP contribution >= 0.6 is 11.3 Å². The van der Waals surface area contributed by atoms with Crippen LogP contribution in [0.15, 0.2) is 29.6 Å². The number of carboxylic acid groups (broad SMARTS) is 1. The maximum absolute atomic E-state index is 12.1. The predicted molar refractivity (Wildman–Crippen MR) is 90.5 cm³/mol. The molecule has 0 aliphatic carbocycles. The zero-order valence-corrected chi connectivity index (χ0v) is 14.1. The monoisotopic (exact) mass is 347 g/mol. The van der Waals surface area contributed by atoms with Crippen LogP contribution in [0.4, 0.5) is 5.13 Å². The Morgan fingerprint density at radius 1 is 1.25 bits per heavy atom. The number of anilines is 1. The molecule has 0 unspecified atom stereocenters. The van der Waals surface area contributed by atoms with Crippen LogP contribution in [0.2, 0.25) is 0 Å². The van der Waals surface area contributed by atoms with E-state index in [-0.39, 0.29) is 30.5 Å². The molecule has 2 rings (SSSR count). The first-order chi connectivity index (χ1) is 11.4. The van der Waals surface area contributed by atoms with Gasteiger partial charge in [-0.3, -0.25) is 19.7 Å². The summed E-state index contributed by atoms with van der Waals surface area (Å²) in [6.07, 6.45) is -0.136. The zero-order valence-electron chi connectivity index (χ0n) is 13.3. The highest BCUT2D eigenvalue weighted by Gasteiger charge is 2.17. The fraction of sp³-hybridized carbons (Fsp3) is 0.250. The van der Waals surface area contributed by atoms with E-state index in [1.807, 2.05) is 19.1 Å². The quantitative estimate of drug-likeness (QED) is 0.835. The van der Waals surface area contributed by atoms with Gasteiger partial charge in [-0.05, 0) is 19.1 Å². The Kier molecular flexibility index (Phi) is 5.64. The van der Waals surface area contributed by atoms with Crippen LogP contribution in [0.1, 0.15) is 32.8 Å². The van der Waals surface area contributed by atoms with Crippen LogP contribution in [0.5, 0.6) is 0 Å². The van der Waals surface area contributed by atoms with Gasteiger partial charge >= 0.3 is 5.97 Å². The lowest BCUT2D eigenvalue weighted by Crippen LogP contribution is -2.29. The van der Waals surface area contributed by atoms with Crippen LogP contribution in [-0.2, 0) is 4.79 Å². The lowest BCUT2D eigenvalue weighted by molar-refractivity contribution is -0.137. The van der Waals surface area contributed by atoms with Crippen LogP contribution in [-0.4, -0.2) is 46.4 Å². The summed E-state index contributed by atoms with van der Waals surface area (Å²) >= 11 is 1.14. The Labute approximate surface area is 142 Å². The molecule has 0 saturated heterocycles. The highest BCUT2D eigenvalue weighted by Crippen LogP contribution is 2.18. The van der Waals surface area contributed by atoms with Gasteiger partial charge in [0, 0.05) is 24.5 Å². The molecular weight excluding hydrogens is 330 g/mol. The lowest BCUT2D eigenvalue weighted by atomic mass is 10.1.